The Kier molecular flexibility index (Phi) is 11.9. The Balaban J connectivity index is 0.000000496. The molecule has 1 fully saturated rings. The summed E-state index contributed by atoms with van der Waals surface area (Å²) in [5.74, 6) is -1.24. The maximum atomic E-state index is 13.0. The number of halogens is 1. The van der Waals surface area contributed by atoms with Gasteiger partial charge in [-0.3, -0.25) is 4.79 Å². The molecular formula is C25H36FN2NaO3Si2. The number of hydrogen-bond acceptors (Lipinski definition) is 3. The van der Waals surface area contributed by atoms with E-state index >= 15 is 0 Å². The number of ether oxygens (including phenoxy) is 1. The van der Waals surface area contributed by atoms with Gasteiger partial charge in [0.2, 0.25) is 5.91 Å². The quantitative estimate of drug-likeness (QED) is 0.559. The number of cyclic esters (lactones) is 1. The Labute approximate surface area is 227 Å². The third-order valence-corrected chi connectivity index (χ3v) is 10.3. The SMILES string of the molecule is C[C@H](C(=O)N1C(=O)OC[C@@H]1Cc1ccccc1)c1ccc(F)cc1.C[Si](C)(C)[N-][Si](C)(C)C.[Na+]. The molecule has 2 aromatic rings. The van der Waals surface area contributed by atoms with E-state index in [1.54, 1.807) is 19.1 Å². The van der Waals surface area contributed by atoms with Crippen LogP contribution in [-0.2, 0) is 16.0 Å². The first-order valence-corrected chi connectivity index (χ1v) is 18.2. The number of benzene rings is 2. The molecule has 3 rings (SSSR count). The van der Waals surface area contributed by atoms with Crippen molar-refractivity contribution in [2.75, 3.05) is 6.61 Å². The van der Waals surface area contributed by atoms with E-state index in [9.17, 15) is 14.0 Å². The summed E-state index contributed by atoms with van der Waals surface area (Å²) < 4.78 is 23.0. The molecule has 0 aliphatic carbocycles. The molecular weight excluding hydrogens is 474 g/mol. The second-order valence-electron chi connectivity index (χ2n) is 10.4. The number of hydrogen-bond donors (Lipinski definition) is 0. The van der Waals surface area contributed by atoms with E-state index in [0.717, 1.165) is 5.56 Å². The fourth-order valence-electron chi connectivity index (χ4n) is 3.88. The molecule has 0 unspecified atom stereocenters. The zero-order valence-corrected chi connectivity index (χ0v) is 25.8. The van der Waals surface area contributed by atoms with Gasteiger partial charge in [0.15, 0.2) is 0 Å². The maximum absolute atomic E-state index is 13.0. The fourth-order valence-corrected chi connectivity index (χ4v) is 11.9. The molecule has 9 heteroatoms. The van der Waals surface area contributed by atoms with Crippen LogP contribution < -0.4 is 29.6 Å². The Morgan fingerprint density at radius 1 is 1.03 bits per heavy atom. The summed E-state index contributed by atoms with van der Waals surface area (Å²) in [6, 6.07) is 15.1. The van der Waals surface area contributed by atoms with Crippen molar-refractivity contribution >= 4 is 28.5 Å². The van der Waals surface area contributed by atoms with Crippen molar-refractivity contribution in [2.24, 2.45) is 0 Å². The zero-order valence-electron chi connectivity index (χ0n) is 21.8. The van der Waals surface area contributed by atoms with E-state index in [2.05, 4.69) is 39.3 Å². The average molecular weight is 511 g/mol. The summed E-state index contributed by atoms with van der Waals surface area (Å²) in [6.07, 6.45) is -0.0658. The summed E-state index contributed by atoms with van der Waals surface area (Å²) in [4.78, 5) is 26.0. The van der Waals surface area contributed by atoms with Crippen LogP contribution in [0.2, 0.25) is 39.3 Å². The van der Waals surface area contributed by atoms with Crippen molar-refractivity contribution in [3.63, 3.8) is 0 Å². The van der Waals surface area contributed by atoms with Gasteiger partial charge in [-0.2, -0.15) is 0 Å². The van der Waals surface area contributed by atoms with Gasteiger partial charge in [0.05, 0.1) is 12.0 Å². The number of rotatable bonds is 6. The molecule has 0 spiro atoms. The van der Waals surface area contributed by atoms with Crippen molar-refractivity contribution in [1.29, 1.82) is 0 Å². The first-order valence-electron chi connectivity index (χ1n) is 11.3. The molecule has 0 bridgehead atoms. The molecule has 2 atom stereocenters. The first-order chi connectivity index (χ1) is 15.3. The van der Waals surface area contributed by atoms with Crippen LogP contribution >= 0.6 is 0 Å². The van der Waals surface area contributed by atoms with E-state index in [1.807, 2.05) is 30.3 Å². The van der Waals surface area contributed by atoms with Gasteiger partial charge in [0.1, 0.15) is 12.4 Å². The van der Waals surface area contributed by atoms with Crippen molar-refractivity contribution in [1.82, 2.24) is 4.90 Å². The van der Waals surface area contributed by atoms with E-state index < -0.39 is 28.5 Å². The van der Waals surface area contributed by atoms with Crippen LogP contribution in [0.25, 0.3) is 4.65 Å². The van der Waals surface area contributed by atoms with E-state index in [1.165, 1.54) is 17.0 Å². The minimum absolute atomic E-state index is 0. The minimum Gasteiger partial charge on any atom is -0.668 e. The van der Waals surface area contributed by atoms with Crippen LogP contribution in [0.5, 0.6) is 0 Å². The second kappa shape index (κ2) is 13.1. The Morgan fingerprint density at radius 2 is 1.56 bits per heavy atom. The molecule has 5 nitrogen and oxygen atoms in total. The normalized spacial score (nSPS) is 16.6. The van der Waals surface area contributed by atoms with Crippen molar-refractivity contribution < 1.29 is 48.3 Å². The third-order valence-electron chi connectivity index (χ3n) is 4.92. The minimum atomic E-state index is -1.11. The van der Waals surface area contributed by atoms with Gasteiger partial charge in [-0.25, -0.2) is 14.1 Å². The number of amides is 2. The van der Waals surface area contributed by atoms with Crippen LogP contribution in [0.4, 0.5) is 9.18 Å². The van der Waals surface area contributed by atoms with Gasteiger partial charge in [0, 0.05) is 0 Å². The van der Waals surface area contributed by atoms with Gasteiger partial charge in [-0.15, -0.1) is 0 Å². The van der Waals surface area contributed by atoms with Crippen LogP contribution in [0.3, 0.4) is 0 Å². The topological polar surface area (TPSA) is 60.7 Å². The zero-order chi connectivity index (χ0) is 24.8. The number of nitrogens with zero attached hydrogens (tertiary/aromatic N) is 2. The number of carbonyl (C=O) groups is 2. The van der Waals surface area contributed by atoms with Crippen LogP contribution in [0.1, 0.15) is 24.0 Å². The molecule has 1 aliphatic rings. The van der Waals surface area contributed by atoms with E-state index in [4.69, 9.17) is 9.38 Å². The van der Waals surface area contributed by atoms with Crippen molar-refractivity contribution in [3.8, 4) is 0 Å². The average Bonchev–Trinajstić information content (AvgIpc) is 3.06. The summed E-state index contributed by atoms with van der Waals surface area (Å²) in [5, 5.41) is 0. The van der Waals surface area contributed by atoms with Gasteiger partial charge in [-0.05, 0) is 36.6 Å². The molecule has 0 radical (unpaired) electrons. The molecule has 1 heterocycles. The number of imide groups is 1. The summed E-state index contributed by atoms with van der Waals surface area (Å²) in [6.45, 7) is 15.7. The van der Waals surface area contributed by atoms with Gasteiger partial charge >= 0.3 is 35.7 Å². The summed E-state index contributed by atoms with van der Waals surface area (Å²) >= 11 is 0. The van der Waals surface area contributed by atoms with E-state index in [-0.39, 0.29) is 53.9 Å². The largest absolute Gasteiger partial charge is 1.00 e. The van der Waals surface area contributed by atoms with Crippen molar-refractivity contribution in [3.05, 3.63) is 76.2 Å². The monoisotopic (exact) mass is 510 g/mol. The molecule has 0 aromatic heterocycles. The first kappa shape index (κ1) is 30.7. The van der Waals surface area contributed by atoms with Gasteiger partial charge in [-0.1, -0.05) is 98.2 Å². The van der Waals surface area contributed by atoms with Gasteiger partial charge in [0.25, 0.3) is 0 Å². The Morgan fingerprint density at radius 3 is 2.03 bits per heavy atom. The molecule has 2 aromatic carbocycles. The molecule has 180 valence electrons. The Hall–Kier alpha value is -1.30. The van der Waals surface area contributed by atoms with Crippen molar-refractivity contribution in [2.45, 2.75) is 64.6 Å². The van der Waals surface area contributed by atoms with Gasteiger partial charge < -0.3 is 9.38 Å². The number of carbonyl (C=O) groups excluding carboxylic acids is 2. The molecule has 1 saturated heterocycles. The molecule has 0 N–H and O–H groups in total. The molecule has 34 heavy (non-hydrogen) atoms. The summed E-state index contributed by atoms with van der Waals surface area (Å²) in [7, 11) is -2.21. The smallest absolute Gasteiger partial charge is 0.668 e. The molecule has 1 aliphatic heterocycles. The predicted octanol–water partition coefficient (Wildman–Crippen LogP) is 3.55. The molecule has 2 amide bonds. The fraction of sp³-hybridized carbons (Fsp3) is 0.440. The van der Waals surface area contributed by atoms with E-state index in [0.29, 0.717) is 12.0 Å². The molecule has 0 saturated carbocycles. The Bertz CT molecular complexity index is 920. The standard InChI is InChI=1S/C19H18FNO3.C6H18NSi2.Na/c1-13(15-7-9-16(20)10-8-15)18(22)21-17(12-24-19(21)23)11-14-5-3-2-4-6-14;1-8(2,3)7-9(4,5)6;/h2-10,13,17H,11-12H2,1H3;1-6H3;/q;-1;+1/t13-,17-;;/m0../s1. The van der Waals surface area contributed by atoms with Crippen LogP contribution in [0.15, 0.2) is 54.6 Å². The van der Waals surface area contributed by atoms with Crippen LogP contribution in [0, 0.1) is 5.82 Å². The maximum Gasteiger partial charge on any atom is 1.00 e. The summed E-state index contributed by atoms with van der Waals surface area (Å²) in [5.41, 5.74) is 1.70. The predicted molar refractivity (Wildman–Crippen MR) is 137 cm³/mol. The van der Waals surface area contributed by atoms with Crippen LogP contribution in [-0.4, -0.2) is 46.0 Å². The second-order valence-corrected chi connectivity index (χ2v) is 19.9. The third kappa shape index (κ3) is 10.1.